The molecule has 0 fully saturated rings. The SMILES string of the molecule is C=C(CCC)[n+]1ccccc1-c1ccccc1CCCC. The molecule has 0 aliphatic carbocycles. The zero-order valence-corrected chi connectivity index (χ0v) is 13.3. The lowest BCUT2D eigenvalue weighted by molar-refractivity contribution is -0.571. The van der Waals surface area contributed by atoms with Crippen LogP contribution >= 0.6 is 0 Å². The Hall–Kier alpha value is -1.89. The van der Waals surface area contributed by atoms with E-state index >= 15 is 0 Å². The summed E-state index contributed by atoms with van der Waals surface area (Å²) in [6.45, 7) is 8.70. The molecule has 0 N–H and O–H groups in total. The molecule has 0 radical (unpaired) electrons. The normalized spacial score (nSPS) is 10.6. The summed E-state index contributed by atoms with van der Waals surface area (Å²) in [4.78, 5) is 0. The van der Waals surface area contributed by atoms with E-state index in [4.69, 9.17) is 0 Å². The molecule has 0 aliphatic heterocycles. The summed E-state index contributed by atoms with van der Waals surface area (Å²) in [5.74, 6) is 0. The number of aromatic nitrogens is 1. The van der Waals surface area contributed by atoms with Crippen LogP contribution in [0.25, 0.3) is 17.0 Å². The third kappa shape index (κ3) is 3.81. The molecular formula is C20H26N+. The maximum absolute atomic E-state index is 4.26. The summed E-state index contributed by atoms with van der Waals surface area (Å²) in [6, 6.07) is 15.2. The predicted molar refractivity (Wildman–Crippen MR) is 90.9 cm³/mol. The molecule has 0 unspecified atom stereocenters. The third-order valence-corrected chi connectivity index (χ3v) is 3.83. The van der Waals surface area contributed by atoms with Gasteiger partial charge in [0, 0.05) is 24.1 Å². The largest absolute Gasteiger partial charge is 0.218 e. The Morgan fingerprint density at radius 2 is 1.76 bits per heavy atom. The highest BCUT2D eigenvalue weighted by atomic mass is 15.0. The first-order valence-electron chi connectivity index (χ1n) is 8.05. The average Bonchev–Trinajstić information content (AvgIpc) is 2.53. The summed E-state index contributed by atoms with van der Waals surface area (Å²) in [5.41, 5.74) is 5.19. The Balaban J connectivity index is 2.45. The number of aryl methyl sites for hydroxylation is 1. The fourth-order valence-electron chi connectivity index (χ4n) is 2.70. The number of allylic oxidation sites excluding steroid dienone is 1. The Labute approximate surface area is 129 Å². The van der Waals surface area contributed by atoms with E-state index in [-0.39, 0.29) is 0 Å². The van der Waals surface area contributed by atoms with E-state index < -0.39 is 0 Å². The van der Waals surface area contributed by atoms with Gasteiger partial charge in [0.15, 0.2) is 11.9 Å². The number of unbranched alkanes of at least 4 members (excludes halogenated alkanes) is 1. The fourth-order valence-corrected chi connectivity index (χ4v) is 2.70. The molecule has 1 heterocycles. The molecule has 0 aliphatic rings. The van der Waals surface area contributed by atoms with E-state index in [0.29, 0.717) is 0 Å². The van der Waals surface area contributed by atoms with Crippen LogP contribution in [-0.2, 0) is 6.42 Å². The van der Waals surface area contributed by atoms with Gasteiger partial charge >= 0.3 is 0 Å². The molecule has 0 amide bonds. The van der Waals surface area contributed by atoms with E-state index in [1.165, 1.54) is 35.4 Å². The molecule has 1 aromatic heterocycles. The van der Waals surface area contributed by atoms with Crippen LogP contribution in [0.3, 0.4) is 0 Å². The van der Waals surface area contributed by atoms with Gasteiger partial charge in [0.25, 0.3) is 0 Å². The van der Waals surface area contributed by atoms with Crippen LogP contribution in [0.4, 0.5) is 0 Å². The maximum Gasteiger partial charge on any atom is 0.218 e. The summed E-state index contributed by atoms with van der Waals surface area (Å²) < 4.78 is 2.24. The summed E-state index contributed by atoms with van der Waals surface area (Å²) in [5, 5.41) is 0. The number of pyridine rings is 1. The molecule has 0 spiro atoms. The third-order valence-electron chi connectivity index (χ3n) is 3.83. The lowest BCUT2D eigenvalue weighted by atomic mass is 9.99. The number of benzene rings is 1. The number of hydrogen-bond donors (Lipinski definition) is 0. The van der Waals surface area contributed by atoms with Crippen LogP contribution < -0.4 is 4.57 Å². The maximum atomic E-state index is 4.26. The molecule has 2 aromatic rings. The van der Waals surface area contributed by atoms with Gasteiger partial charge < -0.3 is 0 Å². The second kappa shape index (κ2) is 7.78. The van der Waals surface area contributed by atoms with Gasteiger partial charge in [0.1, 0.15) is 0 Å². The van der Waals surface area contributed by atoms with Gasteiger partial charge in [-0.05, 0) is 43.5 Å². The van der Waals surface area contributed by atoms with Crippen molar-refractivity contribution >= 4 is 5.70 Å². The number of hydrogen-bond acceptors (Lipinski definition) is 0. The van der Waals surface area contributed by atoms with Gasteiger partial charge in [-0.1, -0.05) is 38.5 Å². The molecule has 110 valence electrons. The van der Waals surface area contributed by atoms with Gasteiger partial charge in [0.05, 0.1) is 0 Å². The van der Waals surface area contributed by atoms with Crippen LogP contribution in [0, 0.1) is 0 Å². The summed E-state index contributed by atoms with van der Waals surface area (Å²) >= 11 is 0. The molecule has 0 bridgehead atoms. The van der Waals surface area contributed by atoms with Crippen molar-refractivity contribution in [3.63, 3.8) is 0 Å². The minimum absolute atomic E-state index is 1.03. The molecule has 21 heavy (non-hydrogen) atoms. The van der Waals surface area contributed by atoms with Crippen molar-refractivity contribution in [2.75, 3.05) is 0 Å². The second-order valence-electron chi connectivity index (χ2n) is 5.53. The van der Waals surface area contributed by atoms with Gasteiger partial charge in [-0.15, -0.1) is 0 Å². The smallest absolute Gasteiger partial charge is 0.164 e. The van der Waals surface area contributed by atoms with Crippen molar-refractivity contribution < 1.29 is 4.57 Å². The zero-order chi connectivity index (χ0) is 15.1. The molecule has 1 nitrogen and oxygen atoms in total. The van der Waals surface area contributed by atoms with Gasteiger partial charge in [-0.2, -0.15) is 4.57 Å². The molecular weight excluding hydrogens is 254 g/mol. The lowest BCUT2D eigenvalue weighted by Gasteiger charge is -2.09. The second-order valence-corrected chi connectivity index (χ2v) is 5.53. The van der Waals surface area contributed by atoms with Crippen LogP contribution in [0.2, 0.25) is 0 Å². The van der Waals surface area contributed by atoms with Crippen molar-refractivity contribution in [3.8, 4) is 11.3 Å². The van der Waals surface area contributed by atoms with Crippen LogP contribution in [0.1, 0.15) is 45.1 Å². The first-order chi connectivity index (χ1) is 10.3. The van der Waals surface area contributed by atoms with Crippen LogP contribution in [0.5, 0.6) is 0 Å². The number of rotatable bonds is 7. The van der Waals surface area contributed by atoms with Gasteiger partial charge in [-0.3, -0.25) is 0 Å². The number of nitrogens with zero attached hydrogens (tertiary/aromatic N) is 1. The van der Waals surface area contributed by atoms with Crippen molar-refractivity contribution in [2.45, 2.75) is 46.0 Å². The molecule has 1 heteroatoms. The van der Waals surface area contributed by atoms with Crippen molar-refractivity contribution in [1.29, 1.82) is 0 Å². The Kier molecular flexibility index (Phi) is 5.74. The molecule has 0 atom stereocenters. The quantitative estimate of drug-likeness (QED) is 0.609. The topological polar surface area (TPSA) is 3.88 Å². The highest BCUT2D eigenvalue weighted by Gasteiger charge is 2.17. The van der Waals surface area contributed by atoms with Gasteiger partial charge in [-0.25, -0.2) is 0 Å². The Morgan fingerprint density at radius 3 is 2.52 bits per heavy atom. The predicted octanol–water partition coefficient (Wildman–Crippen LogP) is 5.25. The van der Waals surface area contributed by atoms with Crippen LogP contribution in [-0.4, -0.2) is 0 Å². The first kappa shape index (κ1) is 15.5. The van der Waals surface area contributed by atoms with Gasteiger partial charge in [0.2, 0.25) is 5.69 Å². The van der Waals surface area contributed by atoms with E-state index in [2.05, 4.69) is 73.7 Å². The lowest BCUT2D eigenvalue weighted by Crippen LogP contribution is -2.34. The summed E-state index contributed by atoms with van der Waals surface area (Å²) in [6.07, 6.45) is 7.88. The van der Waals surface area contributed by atoms with E-state index in [1.54, 1.807) is 0 Å². The monoisotopic (exact) mass is 280 g/mol. The van der Waals surface area contributed by atoms with Crippen molar-refractivity contribution in [2.24, 2.45) is 0 Å². The fraction of sp³-hybridized carbons (Fsp3) is 0.350. The van der Waals surface area contributed by atoms with Crippen LogP contribution in [0.15, 0.2) is 55.2 Å². The Bertz CT molecular complexity index is 598. The minimum Gasteiger partial charge on any atom is -0.164 e. The molecule has 0 saturated carbocycles. The molecule has 1 aromatic carbocycles. The zero-order valence-electron chi connectivity index (χ0n) is 13.3. The van der Waals surface area contributed by atoms with Crippen molar-refractivity contribution in [3.05, 3.63) is 60.8 Å². The first-order valence-corrected chi connectivity index (χ1v) is 8.05. The highest BCUT2D eigenvalue weighted by Crippen LogP contribution is 2.23. The molecule has 2 rings (SSSR count). The van der Waals surface area contributed by atoms with E-state index in [9.17, 15) is 0 Å². The van der Waals surface area contributed by atoms with E-state index in [0.717, 1.165) is 19.3 Å². The minimum atomic E-state index is 1.03. The Morgan fingerprint density at radius 1 is 1.00 bits per heavy atom. The summed E-state index contributed by atoms with van der Waals surface area (Å²) in [7, 11) is 0. The highest BCUT2D eigenvalue weighted by molar-refractivity contribution is 5.62. The van der Waals surface area contributed by atoms with Crippen molar-refractivity contribution in [1.82, 2.24) is 0 Å². The standard InChI is InChI=1S/C20H26N/c1-4-6-12-18-13-7-8-14-19(18)20-15-9-10-16-21(20)17(3)11-5-2/h7-10,13-16H,3-6,11-12H2,1-2H3/q+1. The molecule has 0 saturated heterocycles. The average molecular weight is 280 g/mol. The van der Waals surface area contributed by atoms with E-state index in [1.807, 2.05) is 0 Å².